The van der Waals surface area contributed by atoms with E-state index in [4.69, 9.17) is 13.3 Å². The number of rotatable bonds is 9. The lowest BCUT2D eigenvalue weighted by Crippen LogP contribution is -2.26. The molecule has 0 saturated carbocycles. The molecule has 2 aliphatic rings. The zero-order chi connectivity index (χ0) is 50.6. The second-order valence-electron chi connectivity index (χ2n) is 20.9. The lowest BCUT2D eigenvalue weighted by atomic mass is 9.69. The average Bonchev–Trinajstić information content (AvgIpc) is 3.30. The molecule has 2 aliphatic carbocycles. The molecule has 0 bridgehead atoms. The summed E-state index contributed by atoms with van der Waals surface area (Å²) in [4.78, 5) is 0. The second-order valence-corrected chi connectivity index (χ2v) is 20.9. The minimum Gasteiger partial charge on any atom is -0.455 e. The van der Waals surface area contributed by atoms with Crippen LogP contribution < -0.4 is 0 Å². The van der Waals surface area contributed by atoms with E-state index in [9.17, 15) is 0 Å². The quantitative estimate of drug-likeness (QED) is 0.145. The first-order chi connectivity index (χ1) is 38.2. The summed E-state index contributed by atoms with van der Waals surface area (Å²) < 4.78 is 20.3. The predicted octanol–water partition coefficient (Wildman–Crippen LogP) is 19.9. The van der Waals surface area contributed by atoms with Gasteiger partial charge in [0, 0.05) is 60.8 Å². The van der Waals surface area contributed by atoms with Crippen molar-refractivity contribution < 1.29 is 13.3 Å². The van der Waals surface area contributed by atoms with Gasteiger partial charge in [0.1, 0.15) is 33.9 Å². The normalized spacial score (nSPS) is 13.0. The highest BCUT2D eigenvalue weighted by Gasteiger charge is 2.55. The van der Waals surface area contributed by atoms with Crippen LogP contribution in [0.2, 0.25) is 0 Å². The van der Waals surface area contributed by atoms with Gasteiger partial charge in [-0.2, -0.15) is 0 Å². The molecule has 0 atom stereocenters. The van der Waals surface area contributed by atoms with E-state index in [-0.39, 0.29) is 5.92 Å². The minimum atomic E-state index is -0.605. The van der Waals surface area contributed by atoms with Crippen LogP contribution in [0.3, 0.4) is 0 Å². The maximum atomic E-state index is 7.27. The van der Waals surface area contributed by atoms with E-state index in [1.807, 2.05) is 12.1 Å². The van der Waals surface area contributed by atoms with Crippen molar-refractivity contribution in [1.82, 2.24) is 0 Å². The molecule has 0 saturated heterocycles. The van der Waals surface area contributed by atoms with Gasteiger partial charge in [-0.1, -0.05) is 249 Å². The summed E-state index contributed by atoms with van der Waals surface area (Å²) in [6.45, 7) is 0. The summed E-state index contributed by atoms with van der Waals surface area (Å²) >= 11 is 0. The highest BCUT2D eigenvalue weighted by molar-refractivity contribution is 6.11. The largest absolute Gasteiger partial charge is 0.455 e. The van der Waals surface area contributed by atoms with Crippen LogP contribution in [0.1, 0.15) is 51.3 Å². The molecular formula is C74H48O3. The van der Waals surface area contributed by atoms with Crippen LogP contribution >= 0.6 is 0 Å². The van der Waals surface area contributed by atoms with Crippen molar-refractivity contribution in [2.24, 2.45) is 0 Å². The maximum Gasteiger partial charge on any atom is 0.143 e. The van der Waals surface area contributed by atoms with Crippen molar-refractivity contribution in [2.75, 3.05) is 0 Å². The standard InChI is InChI=1S/C74H48O3/c1-3-17-51(18-4-1)70-68-62-44-34-46(45-65(62)74(69(68)71(77-70)52-19-5-2-6-20-52)63-29-11-7-21-56(63)57-22-8-12-30-64(57)74)33-43-53(47-35-39-49(40-36-47)54-25-15-27-60-58-23-9-13-31-66(58)75-72(54)60)48-37-41-50(42-38-48)55-26-16-28-61-59-24-10-14-32-67(59)76-73(55)61/h1-32,34-42,44-45,53H,33,43H2. The van der Waals surface area contributed by atoms with Gasteiger partial charge in [0.2, 0.25) is 0 Å². The monoisotopic (exact) mass is 984 g/mol. The van der Waals surface area contributed by atoms with E-state index >= 15 is 0 Å². The van der Waals surface area contributed by atoms with Crippen LogP contribution in [0.4, 0.5) is 0 Å². The van der Waals surface area contributed by atoms with Crippen molar-refractivity contribution in [3.05, 3.63) is 300 Å². The van der Waals surface area contributed by atoms with Crippen LogP contribution in [0.25, 0.3) is 111 Å². The zero-order valence-corrected chi connectivity index (χ0v) is 42.0. The van der Waals surface area contributed by atoms with Crippen LogP contribution in [0, 0.1) is 0 Å². The molecule has 11 aromatic carbocycles. The third-order valence-corrected chi connectivity index (χ3v) is 16.8. The molecule has 0 aliphatic heterocycles. The predicted molar refractivity (Wildman–Crippen MR) is 314 cm³/mol. The van der Waals surface area contributed by atoms with Crippen molar-refractivity contribution in [3.63, 3.8) is 0 Å². The van der Waals surface area contributed by atoms with Gasteiger partial charge in [-0.05, 0) is 86.2 Å². The Balaban J connectivity index is 0.833. The molecule has 0 N–H and O–H groups in total. The van der Waals surface area contributed by atoms with Crippen LogP contribution in [-0.2, 0) is 11.8 Å². The first kappa shape index (κ1) is 43.7. The van der Waals surface area contributed by atoms with E-state index in [2.05, 4.69) is 249 Å². The Morgan fingerprint density at radius 1 is 0.325 bits per heavy atom. The fourth-order valence-corrected chi connectivity index (χ4v) is 13.4. The number of aryl methyl sites for hydroxylation is 1. The Hall–Kier alpha value is -9.70. The molecule has 14 aromatic rings. The smallest absolute Gasteiger partial charge is 0.143 e. The van der Waals surface area contributed by atoms with Gasteiger partial charge in [0.05, 0.1) is 5.41 Å². The second kappa shape index (κ2) is 17.2. The minimum absolute atomic E-state index is 0.102. The molecule has 3 heterocycles. The first-order valence-corrected chi connectivity index (χ1v) is 26.8. The van der Waals surface area contributed by atoms with Gasteiger partial charge in [-0.3, -0.25) is 0 Å². The first-order valence-electron chi connectivity index (χ1n) is 26.8. The summed E-state index contributed by atoms with van der Waals surface area (Å²) in [5.74, 6) is 1.93. The van der Waals surface area contributed by atoms with Gasteiger partial charge in [0.15, 0.2) is 0 Å². The molecular weight excluding hydrogens is 937 g/mol. The lowest BCUT2D eigenvalue weighted by Gasteiger charge is -2.31. The number of benzene rings is 11. The van der Waals surface area contributed by atoms with E-state index in [1.165, 1.54) is 61.2 Å². The third kappa shape index (κ3) is 6.57. The fourth-order valence-electron chi connectivity index (χ4n) is 13.4. The van der Waals surface area contributed by atoms with Crippen molar-refractivity contribution in [2.45, 2.75) is 24.2 Å². The highest BCUT2D eigenvalue weighted by Crippen LogP contribution is 2.67. The number of furan rings is 3. The SMILES string of the molecule is c1ccc(-c2oc(-c3ccccc3)c3c2-c2ccc(CCC(c4ccc(-c5cccc6c5oc5ccccc56)cc4)c4ccc(-c5cccc6c5oc5ccccc56)cc4)cc2C32c3ccccc3-c3ccccc32)cc1. The summed E-state index contributed by atoms with van der Waals surface area (Å²) in [5.41, 5.74) is 23.6. The Kier molecular flexibility index (Phi) is 9.74. The van der Waals surface area contributed by atoms with Gasteiger partial charge in [0.25, 0.3) is 0 Å². The fraction of sp³-hybridized carbons (Fsp3) is 0.0541. The average molecular weight is 985 g/mol. The maximum absolute atomic E-state index is 7.27. The molecule has 3 nitrogen and oxygen atoms in total. The third-order valence-electron chi connectivity index (χ3n) is 16.8. The molecule has 3 aromatic heterocycles. The highest BCUT2D eigenvalue weighted by atomic mass is 16.3. The Labute approximate surface area is 446 Å². The molecule has 0 radical (unpaired) electrons. The van der Waals surface area contributed by atoms with Crippen molar-refractivity contribution in [1.29, 1.82) is 0 Å². The van der Waals surface area contributed by atoms with Gasteiger partial charge >= 0.3 is 0 Å². The molecule has 0 unspecified atom stereocenters. The Morgan fingerprint density at radius 2 is 0.792 bits per heavy atom. The number of fused-ring (bicyclic) bond motifs is 16. The summed E-state index contributed by atoms with van der Waals surface area (Å²) in [6, 6.07) is 94.9. The van der Waals surface area contributed by atoms with Crippen LogP contribution in [0.5, 0.6) is 0 Å². The van der Waals surface area contributed by atoms with E-state index < -0.39 is 5.41 Å². The van der Waals surface area contributed by atoms with Gasteiger partial charge < -0.3 is 13.3 Å². The number of hydrogen-bond acceptors (Lipinski definition) is 3. The molecule has 77 heavy (non-hydrogen) atoms. The van der Waals surface area contributed by atoms with Crippen molar-refractivity contribution in [3.8, 4) is 67.2 Å². The van der Waals surface area contributed by atoms with Crippen molar-refractivity contribution >= 4 is 43.9 Å². The molecule has 1 spiro atoms. The number of hydrogen-bond donors (Lipinski definition) is 0. The van der Waals surface area contributed by atoms with E-state index in [0.29, 0.717) is 0 Å². The molecule has 0 fully saturated rings. The molecule has 3 heteroatoms. The number of para-hydroxylation sites is 4. The summed E-state index contributed by atoms with van der Waals surface area (Å²) in [7, 11) is 0. The van der Waals surface area contributed by atoms with Gasteiger partial charge in [-0.25, -0.2) is 0 Å². The Bertz CT molecular complexity index is 4410. The van der Waals surface area contributed by atoms with E-state index in [1.54, 1.807) is 0 Å². The molecule has 362 valence electrons. The van der Waals surface area contributed by atoms with Gasteiger partial charge in [-0.15, -0.1) is 0 Å². The summed E-state index contributed by atoms with van der Waals surface area (Å²) in [5, 5.41) is 4.54. The summed E-state index contributed by atoms with van der Waals surface area (Å²) in [6.07, 6.45) is 1.76. The molecule has 0 amide bonds. The molecule has 16 rings (SSSR count). The van der Waals surface area contributed by atoms with Crippen LogP contribution in [0.15, 0.2) is 274 Å². The Morgan fingerprint density at radius 3 is 1.35 bits per heavy atom. The zero-order valence-electron chi connectivity index (χ0n) is 42.0. The van der Waals surface area contributed by atoms with E-state index in [0.717, 1.165) is 102 Å². The van der Waals surface area contributed by atoms with Crippen LogP contribution in [-0.4, -0.2) is 0 Å². The topological polar surface area (TPSA) is 39.4 Å². The lowest BCUT2D eigenvalue weighted by molar-refractivity contribution is 0.588.